The molecule has 1 N–H and O–H groups in total. The molecule has 1 atom stereocenters. The minimum atomic E-state index is -3.92. The standard InChI is InChI=1S/C19H21FN2O3S/c1-14-5-4-12-22(13-14)19(23)17-6-2-3-7-18(17)21-26(24,25)16-10-8-15(20)9-11-16/h2-3,6-11,14,21H,4-5,12-13H2,1H3. The molecule has 0 bridgehead atoms. The fourth-order valence-electron chi connectivity index (χ4n) is 3.12. The quantitative estimate of drug-likeness (QED) is 0.888. The first-order valence-corrected chi connectivity index (χ1v) is 10.0. The molecule has 0 radical (unpaired) electrons. The zero-order valence-corrected chi connectivity index (χ0v) is 15.3. The molecular formula is C19H21FN2O3S. The maximum atomic E-state index is 13.0. The summed E-state index contributed by atoms with van der Waals surface area (Å²) < 4.78 is 40.6. The minimum absolute atomic E-state index is 0.0623. The van der Waals surface area contributed by atoms with Crippen molar-refractivity contribution in [2.75, 3.05) is 17.8 Å². The molecular weight excluding hydrogens is 355 g/mol. The van der Waals surface area contributed by atoms with Crippen molar-refractivity contribution < 1.29 is 17.6 Å². The molecule has 5 nitrogen and oxygen atoms in total. The number of anilines is 1. The zero-order valence-electron chi connectivity index (χ0n) is 14.5. The highest BCUT2D eigenvalue weighted by Crippen LogP contribution is 2.24. The van der Waals surface area contributed by atoms with E-state index in [0.717, 1.165) is 25.0 Å². The number of hydrogen-bond acceptors (Lipinski definition) is 3. The van der Waals surface area contributed by atoms with E-state index in [2.05, 4.69) is 11.6 Å². The Balaban J connectivity index is 1.87. The number of rotatable bonds is 4. The Morgan fingerprint density at radius 2 is 1.85 bits per heavy atom. The molecule has 2 aromatic carbocycles. The predicted octanol–water partition coefficient (Wildman–Crippen LogP) is 3.50. The summed E-state index contributed by atoms with van der Waals surface area (Å²) in [5, 5.41) is 0. The molecule has 7 heteroatoms. The number of benzene rings is 2. The van der Waals surface area contributed by atoms with Gasteiger partial charge in [0, 0.05) is 13.1 Å². The average molecular weight is 376 g/mol. The molecule has 2 aromatic rings. The molecule has 1 fully saturated rings. The molecule has 3 rings (SSSR count). The van der Waals surface area contributed by atoms with Crippen molar-refractivity contribution in [3.05, 3.63) is 59.9 Å². The van der Waals surface area contributed by atoms with Gasteiger partial charge in [-0.2, -0.15) is 0 Å². The molecule has 138 valence electrons. The number of carbonyl (C=O) groups excluding carboxylic acids is 1. The number of likely N-dealkylation sites (tertiary alicyclic amines) is 1. The van der Waals surface area contributed by atoms with Crippen LogP contribution in [0.3, 0.4) is 0 Å². The van der Waals surface area contributed by atoms with Gasteiger partial charge >= 0.3 is 0 Å². The topological polar surface area (TPSA) is 66.5 Å². The first-order chi connectivity index (χ1) is 12.4. The van der Waals surface area contributed by atoms with Crippen molar-refractivity contribution >= 4 is 21.6 Å². The van der Waals surface area contributed by atoms with E-state index in [1.165, 1.54) is 12.1 Å². The maximum Gasteiger partial charge on any atom is 0.261 e. The Bertz CT molecular complexity index is 897. The van der Waals surface area contributed by atoms with Crippen molar-refractivity contribution in [1.82, 2.24) is 4.90 Å². The first-order valence-electron chi connectivity index (χ1n) is 8.53. The summed E-state index contributed by atoms with van der Waals surface area (Å²) in [7, 11) is -3.92. The highest BCUT2D eigenvalue weighted by molar-refractivity contribution is 7.92. The van der Waals surface area contributed by atoms with E-state index in [4.69, 9.17) is 0 Å². The molecule has 1 heterocycles. The first kappa shape index (κ1) is 18.4. The van der Waals surface area contributed by atoms with Crippen LogP contribution in [0.1, 0.15) is 30.1 Å². The number of sulfonamides is 1. The van der Waals surface area contributed by atoms with Gasteiger partial charge in [-0.15, -0.1) is 0 Å². The van der Waals surface area contributed by atoms with Crippen LogP contribution in [-0.4, -0.2) is 32.3 Å². The van der Waals surface area contributed by atoms with E-state index in [9.17, 15) is 17.6 Å². The summed E-state index contributed by atoms with van der Waals surface area (Å²) in [4.78, 5) is 14.6. The van der Waals surface area contributed by atoms with Gasteiger partial charge in [0.1, 0.15) is 5.82 Å². The van der Waals surface area contributed by atoms with Gasteiger partial charge in [-0.25, -0.2) is 12.8 Å². The number of piperidine rings is 1. The van der Waals surface area contributed by atoms with Gasteiger partial charge in [0.05, 0.1) is 16.1 Å². The number of carbonyl (C=O) groups is 1. The van der Waals surface area contributed by atoms with Crippen LogP contribution in [0, 0.1) is 11.7 Å². The number of halogens is 1. The van der Waals surface area contributed by atoms with E-state index in [-0.39, 0.29) is 16.5 Å². The highest BCUT2D eigenvalue weighted by Gasteiger charge is 2.25. The van der Waals surface area contributed by atoms with Crippen molar-refractivity contribution in [2.45, 2.75) is 24.7 Å². The molecule has 1 unspecified atom stereocenters. The monoisotopic (exact) mass is 376 g/mol. The lowest BCUT2D eigenvalue weighted by atomic mass is 9.99. The lowest BCUT2D eigenvalue weighted by Crippen LogP contribution is -2.39. The molecule has 26 heavy (non-hydrogen) atoms. The Labute approximate surface area is 152 Å². The van der Waals surface area contributed by atoms with Crippen LogP contribution < -0.4 is 4.72 Å². The Morgan fingerprint density at radius 1 is 1.15 bits per heavy atom. The predicted molar refractivity (Wildman–Crippen MR) is 98.0 cm³/mol. The van der Waals surface area contributed by atoms with Crippen molar-refractivity contribution in [3.63, 3.8) is 0 Å². The summed E-state index contributed by atoms with van der Waals surface area (Å²) in [6.45, 7) is 3.43. The third-order valence-corrected chi connectivity index (χ3v) is 5.85. The van der Waals surface area contributed by atoms with Crippen LogP contribution in [0.5, 0.6) is 0 Å². The van der Waals surface area contributed by atoms with Crippen LogP contribution >= 0.6 is 0 Å². The minimum Gasteiger partial charge on any atom is -0.338 e. The molecule has 0 saturated carbocycles. The van der Waals surface area contributed by atoms with E-state index < -0.39 is 15.8 Å². The molecule has 0 aromatic heterocycles. The third-order valence-electron chi connectivity index (χ3n) is 4.47. The lowest BCUT2D eigenvalue weighted by molar-refractivity contribution is 0.0684. The van der Waals surface area contributed by atoms with Crippen molar-refractivity contribution in [1.29, 1.82) is 0 Å². The highest BCUT2D eigenvalue weighted by atomic mass is 32.2. The molecule has 1 aliphatic rings. The molecule has 1 saturated heterocycles. The fourth-order valence-corrected chi connectivity index (χ4v) is 4.20. The molecule has 0 spiro atoms. The van der Waals surface area contributed by atoms with Crippen LogP contribution in [0.2, 0.25) is 0 Å². The van der Waals surface area contributed by atoms with Gasteiger partial charge < -0.3 is 4.90 Å². The fraction of sp³-hybridized carbons (Fsp3) is 0.316. The van der Waals surface area contributed by atoms with Crippen LogP contribution in [0.15, 0.2) is 53.4 Å². The van der Waals surface area contributed by atoms with Gasteiger partial charge in [0.25, 0.3) is 15.9 Å². The van der Waals surface area contributed by atoms with E-state index in [0.29, 0.717) is 24.6 Å². The average Bonchev–Trinajstić information content (AvgIpc) is 2.62. The lowest BCUT2D eigenvalue weighted by Gasteiger charge is -2.31. The molecule has 1 amide bonds. The Kier molecular flexibility index (Phi) is 5.27. The van der Waals surface area contributed by atoms with Crippen LogP contribution in [-0.2, 0) is 10.0 Å². The number of nitrogens with zero attached hydrogens (tertiary/aromatic N) is 1. The van der Waals surface area contributed by atoms with Gasteiger partial charge in [-0.3, -0.25) is 9.52 Å². The van der Waals surface area contributed by atoms with E-state index in [1.807, 2.05) is 0 Å². The second kappa shape index (κ2) is 7.45. The number of para-hydroxylation sites is 1. The summed E-state index contributed by atoms with van der Waals surface area (Å²) in [5.74, 6) is -0.275. The normalized spacial score (nSPS) is 17.8. The van der Waals surface area contributed by atoms with E-state index >= 15 is 0 Å². The second-order valence-corrected chi connectivity index (χ2v) is 8.29. The van der Waals surface area contributed by atoms with Crippen molar-refractivity contribution in [3.8, 4) is 0 Å². The van der Waals surface area contributed by atoms with E-state index in [1.54, 1.807) is 29.2 Å². The number of hydrogen-bond donors (Lipinski definition) is 1. The number of amides is 1. The SMILES string of the molecule is CC1CCCN(C(=O)c2ccccc2NS(=O)(=O)c2ccc(F)cc2)C1. The summed E-state index contributed by atoms with van der Waals surface area (Å²) in [6, 6.07) is 11.1. The number of nitrogens with one attached hydrogen (secondary N) is 1. The summed E-state index contributed by atoms with van der Waals surface area (Å²) in [5.41, 5.74) is 0.535. The van der Waals surface area contributed by atoms with Gasteiger partial charge in [-0.1, -0.05) is 19.1 Å². The smallest absolute Gasteiger partial charge is 0.261 e. The van der Waals surface area contributed by atoms with Crippen molar-refractivity contribution in [2.24, 2.45) is 5.92 Å². The summed E-state index contributed by atoms with van der Waals surface area (Å²) >= 11 is 0. The molecule has 0 aliphatic carbocycles. The Morgan fingerprint density at radius 3 is 2.54 bits per heavy atom. The zero-order chi connectivity index (χ0) is 18.7. The van der Waals surface area contributed by atoms with Gasteiger partial charge in [-0.05, 0) is 55.2 Å². The third kappa shape index (κ3) is 4.04. The second-order valence-electron chi connectivity index (χ2n) is 6.60. The van der Waals surface area contributed by atoms with Gasteiger partial charge in [0.15, 0.2) is 0 Å². The van der Waals surface area contributed by atoms with Gasteiger partial charge in [0.2, 0.25) is 0 Å². The van der Waals surface area contributed by atoms with Crippen LogP contribution in [0.25, 0.3) is 0 Å². The van der Waals surface area contributed by atoms with Crippen LogP contribution in [0.4, 0.5) is 10.1 Å². The largest absolute Gasteiger partial charge is 0.338 e. The maximum absolute atomic E-state index is 13.0. The summed E-state index contributed by atoms with van der Waals surface area (Å²) in [6.07, 6.45) is 2.03. The Hall–Kier alpha value is -2.41. The molecule has 1 aliphatic heterocycles.